The number of anilines is 1. The van der Waals surface area contributed by atoms with Crippen LogP contribution in [-0.4, -0.2) is 48.6 Å². The highest BCUT2D eigenvalue weighted by molar-refractivity contribution is 5.78. The molecular formula is C23H30N4O2. The van der Waals surface area contributed by atoms with Gasteiger partial charge in [-0.3, -0.25) is 4.79 Å². The molecule has 3 heterocycles. The van der Waals surface area contributed by atoms with Crippen LogP contribution < -0.4 is 15.0 Å². The zero-order chi connectivity index (χ0) is 19.9. The second-order valence-electron chi connectivity index (χ2n) is 7.81. The summed E-state index contributed by atoms with van der Waals surface area (Å²) < 4.78 is 5.84. The summed E-state index contributed by atoms with van der Waals surface area (Å²) in [6.45, 7) is 5.48. The zero-order valence-corrected chi connectivity index (χ0v) is 17.0. The highest BCUT2D eigenvalue weighted by atomic mass is 16.5. The number of ether oxygens (including phenoxy) is 1. The van der Waals surface area contributed by atoms with Crippen molar-refractivity contribution in [2.45, 2.75) is 38.8 Å². The van der Waals surface area contributed by atoms with Crippen molar-refractivity contribution in [2.75, 3.05) is 37.7 Å². The molecule has 6 nitrogen and oxygen atoms in total. The molecule has 2 aliphatic heterocycles. The van der Waals surface area contributed by atoms with Gasteiger partial charge in [-0.15, -0.1) is 0 Å². The number of hydrogen-bond donors (Lipinski definition) is 1. The topological polar surface area (TPSA) is 57.7 Å². The molecule has 0 aliphatic carbocycles. The summed E-state index contributed by atoms with van der Waals surface area (Å²) in [4.78, 5) is 21.1. The van der Waals surface area contributed by atoms with E-state index in [9.17, 15) is 4.79 Å². The molecule has 4 rings (SSSR count). The van der Waals surface area contributed by atoms with Crippen LogP contribution in [0.15, 0.2) is 42.6 Å². The normalized spacial score (nSPS) is 16.4. The standard InChI is InChI=1S/C23H30N4O2/c28-23(27-13-5-6-14-27)18-29-21-8-2-1-7-20(21)17-24-15-19-9-10-22(25-16-19)26-11-3-4-12-26/h1-2,7-10,16,24H,3-6,11-15,17-18H2. The number of pyridine rings is 1. The van der Waals surface area contributed by atoms with Gasteiger partial charge in [-0.05, 0) is 43.4 Å². The number of likely N-dealkylation sites (tertiary alicyclic amines) is 1. The lowest BCUT2D eigenvalue weighted by atomic mass is 10.2. The predicted molar refractivity (Wildman–Crippen MR) is 114 cm³/mol. The highest BCUT2D eigenvalue weighted by Crippen LogP contribution is 2.20. The van der Waals surface area contributed by atoms with Crippen LogP contribution in [0.3, 0.4) is 0 Å². The van der Waals surface area contributed by atoms with Gasteiger partial charge in [-0.25, -0.2) is 4.98 Å². The average molecular weight is 395 g/mol. The van der Waals surface area contributed by atoms with Crippen LogP contribution in [0.5, 0.6) is 5.75 Å². The molecule has 1 amide bonds. The van der Waals surface area contributed by atoms with Gasteiger partial charge in [0, 0.05) is 51.0 Å². The summed E-state index contributed by atoms with van der Waals surface area (Å²) in [6.07, 6.45) is 6.67. The Bertz CT molecular complexity index is 797. The zero-order valence-electron chi connectivity index (χ0n) is 17.0. The number of para-hydroxylation sites is 1. The summed E-state index contributed by atoms with van der Waals surface area (Å²) in [5.74, 6) is 1.93. The van der Waals surface area contributed by atoms with Crippen LogP contribution in [0.4, 0.5) is 5.82 Å². The van der Waals surface area contributed by atoms with Gasteiger partial charge < -0.3 is 19.9 Å². The fourth-order valence-electron chi connectivity index (χ4n) is 3.98. The number of benzene rings is 1. The van der Waals surface area contributed by atoms with E-state index < -0.39 is 0 Å². The van der Waals surface area contributed by atoms with Crippen LogP contribution in [-0.2, 0) is 17.9 Å². The molecule has 2 aliphatic rings. The molecule has 0 radical (unpaired) electrons. The lowest BCUT2D eigenvalue weighted by molar-refractivity contribution is -0.132. The van der Waals surface area contributed by atoms with Crippen molar-refractivity contribution in [2.24, 2.45) is 0 Å². The molecule has 2 aromatic rings. The average Bonchev–Trinajstić information content (AvgIpc) is 3.48. The molecule has 0 spiro atoms. The van der Waals surface area contributed by atoms with Crippen molar-refractivity contribution in [3.63, 3.8) is 0 Å². The van der Waals surface area contributed by atoms with E-state index in [2.05, 4.69) is 27.3 Å². The third-order valence-electron chi connectivity index (χ3n) is 5.67. The monoisotopic (exact) mass is 394 g/mol. The van der Waals surface area contributed by atoms with Gasteiger partial charge in [0.2, 0.25) is 0 Å². The number of hydrogen-bond acceptors (Lipinski definition) is 5. The molecule has 1 aromatic heterocycles. The van der Waals surface area contributed by atoms with Crippen LogP contribution in [0, 0.1) is 0 Å². The summed E-state index contributed by atoms with van der Waals surface area (Å²) >= 11 is 0. The lowest BCUT2D eigenvalue weighted by Gasteiger charge is -2.17. The van der Waals surface area contributed by atoms with Gasteiger partial charge >= 0.3 is 0 Å². The molecule has 29 heavy (non-hydrogen) atoms. The number of rotatable bonds is 8. The van der Waals surface area contributed by atoms with E-state index >= 15 is 0 Å². The maximum absolute atomic E-state index is 12.2. The van der Waals surface area contributed by atoms with Crippen LogP contribution in [0.1, 0.15) is 36.8 Å². The Morgan fingerprint density at radius 2 is 1.72 bits per heavy atom. The fraction of sp³-hybridized carbons (Fsp3) is 0.478. The van der Waals surface area contributed by atoms with Crippen molar-refractivity contribution >= 4 is 11.7 Å². The number of amides is 1. The van der Waals surface area contributed by atoms with Gasteiger partial charge in [-0.1, -0.05) is 24.3 Å². The first kappa shape index (κ1) is 19.7. The Balaban J connectivity index is 1.26. The first-order valence-corrected chi connectivity index (χ1v) is 10.7. The Kier molecular flexibility index (Phi) is 6.62. The van der Waals surface area contributed by atoms with Crippen LogP contribution >= 0.6 is 0 Å². The Labute approximate surface area is 172 Å². The molecule has 0 atom stereocenters. The number of nitrogens with one attached hydrogen (secondary N) is 1. The van der Waals surface area contributed by atoms with E-state index in [0.717, 1.165) is 68.3 Å². The smallest absolute Gasteiger partial charge is 0.260 e. The number of aromatic nitrogens is 1. The number of nitrogens with zero attached hydrogens (tertiary/aromatic N) is 3. The number of carbonyl (C=O) groups is 1. The first-order chi connectivity index (χ1) is 14.3. The van der Waals surface area contributed by atoms with E-state index in [4.69, 9.17) is 4.74 Å². The van der Waals surface area contributed by atoms with Crippen molar-refractivity contribution < 1.29 is 9.53 Å². The van der Waals surface area contributed by atoms with E-state index in [1.54, 1.807) is 0 Å². The number of carbonyl (C=O) groups excluding carboxylic acids is 1. The van der Waals surface area contributed by atoms with E-state index in [1.807, 2.05) is 35.4 Å². The Morgan fingerprint density at radius 1 is 0.966 bits per heavy atom. The van der Waals surface area contributed by atoms with Crippen molar-refractivity contribution in [1.82, 2.24) is 15.2 Å². The van der Waals surface area contributed by atoms with Gasteiger partial charge in [-0.2, -0.15) is 0 Å². The molecule has 154 valence electrons. The molecule has 2 saturated heterocycles. The Morgan fingerprint density at radius 3 is 2.48 bits per heavy atom. The molecule has 1 aromatic carbocycles. The van der Waals surface area contributed by atoms with Gasteiger partial charge in [0.15, 0.2) is 6.61 Å². The summed E-state index contributed by atoms with van der Waals surface area (Å²) in [7, 11) is 0. The largest absolute Gasteiger partial charge is 0.483 e. The maximum Gasteiger partial charge on any atom is 0.260 e. The molecule has 0 bridgehead atoms. The lowest BCUT2D eigenvalue weighted by Crippen LogP contribution is -2.32. The maximum atomic E-state index is 12.2. The molecule has 0 saturated carbocycles. The fourth-order valence-corrected chi connectivity index (χ4v) is 3.98. The minimum absolute atomic E-state index is 0.0782. The third kappa shape index (κ3) is 5.26. The van der Waals surface area contributed by atoms with Gasteiger partial charge in [0.25, 0.3) is 5.91 Å². The van der Waals surface area contributed by atoms with E-state index in [1.165, 1.54) is 12.8 Å². The van der Waals surface area contributed by atoms with Crippen LogP contribution in [0.2, 0.25) is 0 Å². The summed E-state index contributed by atoms with van der Waals surface area (Å²) in [5.41, 5.74) is 2.22. The highest BCUT2D eigenvalue weighted by Gasteiger charge is 2.18. The molecule has 2 fully saturated rings. The first-order valence-electron chi connectivity index (χ1n) is 10.7. The van der Waals surface area contributed by atoms with Gasteiger partial charge in [0.05, 0.1) is 0 Å². The van der Waals surface area contributed by atoms with Gasteiger partial charge in [0.1, 0.15) is 11.6 Å². The second-order valence-corrected chi connectivity index (χ2v) is 7.81. The summed E-state index contributed by atoms with van der Waals surface area (Å²) in [6, 6.07) is 12.2. The molecule has 1 N–H and O–H groups in total. The van der Waals surface area contributed by atoms with E-state index in [-0.39, 0.29) is 12.5 Å². The summed E-state index contributed by atoms with van der Waals surface area (Å²) in [5, 5.41) is 3.46. The predicted octanol–water partition coefficient (Wildman–Crippen LogP) is 2.97. The third-order valence-corrected chi connectivity index (χ3v) is 5.67. The van der Waals surface area contributed by atoms with Crippen molar-refractivity contribution in [3.8, 4) is 5.75 Å². The minimum Gasteiger partial charge on any atom is -0.483 e. The minimum atomic E-state index is 0.0782. The molecule has 0 unspecified atom stereocenters. The van der Waals surface area contributed by atoms with Crippen molar-refractivity contribution in [3.05, 3.63) is 53.7 Å². The molecule has 6 heteroatoms. The Hall–Kier alpha value is -2.60. The van der Waals surface area contributed by atoms with Crippen LogP contribution in [0.25, 0.3) is 0 Å². The second kappa shape index (κ2) is 9.74. The van der Waals surface area contributed by atoms with E-state index in [0.29, 0.717) is 6.54 Å². The van der Waals surface area contributed by atoms with Crippen molar-refractivity contribution in [1.29, 1.82) is 0 Å². The quantitative estimate of drug-likeness (QED) is 0.746. The molecular weight excluding hydrogens is 364 g/mol. The SMILES string of the molecule is O=C(COc1ccccc1CNCc1ccc(N2CCCC2)nc1)N1CCCC1.